The van der Waals surface area contributed by atoms with Crippen LogP contribution in [0.25, 0.3) is 0 Å². The van der Waals surface area contributed by atoms with E-state index >= 15 is 0 Å². The molecule has 4 nitrogen and oxygen atoms in total. The summed E-state index contributed by atoms with van der Waals surface area (Å²) in [5.41, 5.74) is 0.876. The molecule has 1 aromatic carbocycles. The van der Waals surface area contributed by atoms with Crippen molar-refractivity contribution in [3.05, 3.63) is 29.8 Å². The zero-order valence-electron chi connectivity index (χ0n) is 10.5. The molecule has 5 heteroatoms. The Kier molecular flexibility index (Phi) is 3.92. The molecule has 0 aromatic heterocycles. The maximum absolute atomic E-state index is 12.0. The van der Waals surface area contributed by atoms with Crippen LogP contribution in [0.15, 0.2) is 24.3 Å². The van der Waals surface area contributed by atoms with Crippen LogP contribution in [0.2, 0.25) is 0 Å². The number of benzene rings is 1. The molecule has 2 rings (SSSR count). The van der Waals surface area contributed by atoms with E-state index in [1.165, 1.54) is 0 Å². The van der Waals surface area contributed by atoms with Crippen LogP contribution in [-0.4, -0.2) is 37.1 Å². The normalized spacial score (nSPS) is 26.3. The fraction of sp³-hybridized carbons (Fsp3) is 0.538. The minimum Gasteiger partial charge on any atom is -0.508 e. The molecule has 1 fully saturated rings. The number of hydrogen-bond acceptors (Lipinski definition) is 4. The number of phenols is 1. The molecule has 1 aliphatic heterocycles. The summed E-state index contributed by atoms with van der Waals surface area (Å²) >= 11 is 0. The van der Waals surface area contributed by atoms with Gasteiger partial charge in [0.2, 0.25) is 0 Å². The minimum absolute atomic E-state index is 0.0716. The molecule has 1 aliphatic rings. The molecule has 0 amide bonds. The van der Waals surface area contributed by atoms with Gasteiger partial charge in [-0.2, -0.15) is 0 Å². The van der Waals surface area contributed by atoms with Crippen molar-refractivity contribution >= 4 is 9.84 Å². The standard InChI is InChI=1S/C13H19NO3S/c1-2-14-11-8-13(18(16,17)9-11)7-10-4-3-5-12(15)6-10/h3-6,11,13-15H,2,7-9H2,1H3/t11?,13-/m1/s1. The summed E-state index contributed by atoms with van der Waals surface area (Å²) in [5, 5.41) is 12.3. The van der Waals surface area contributed by atoms with Crippen molar-refractivity contribution in [1.82, 2.24) is 5.32 Å². The first-order chi connectivity index (χ1) is 8.51. The molecular weight excluding hydrogens is 250 g/mol. The highest BCUT2D eigenvalue weighted by molar-refractivity contribution is 7.92. The van der Waals surface area contributed by atoms with Gasteiger partial charge in [0.15, 0.2) is 9.84 Å². The minimum atomic E-state index is -3.01. The summed E-state index contributed by atoms with van der Waals surface area (Å²) in [6, 6.07) is 6.90. The van der Waals surface area contributed by atoms with E-state index in [0.29, 0.717) is 12.8 Å². The number of nitrogens with one attached hydrogen (secondary N) is 1. The zero-order valence-corrected chi connectivity index (χ0v) is 11.3. The number of hydrogen-bond donors (Lipinski definition) is 2. The first kappa shape index (κ1) is 13.4. The quantitative estimate of drug-likeness (QED) is 0.859. The van der Waals surface area contributed by atoms with Crippen LogP contribution in [0.3, 0.4) is 0 Å². The van der Waals surface area contributed by atoms with Crippen molar-refractivity contribution in [2.75, 3.05) is 12.3 Å². The van der Waals surface area contributed by atoms with Crippen LogP contribution in [-0.2, 0) is 16.3 Å². The fourth-order valence-electron chi connectivity index (χ4n) is 2.54. The molecule has 0 bridgehead atoms. The molecule has 0 spiro atoms. The van der Waals surface area contributed by atoms with Crippen LogP contribution in [0.1, 0.15) is 18.9 Å². The van der Waals surface area contributed by atoms with Gasteiger partial charge in [0.25, 0.3) is 0 Å². The monoisotopic (exact) mass is 269 g/mol. The van der Waals surface area contributed by atoms with Crippen LogP contribution >= 0.6 is 0 Å². The summed E-state index contributed by atoms with van der Waals surface area (Å²) in [4.78, 5) is 0. The molecule has 0 radical (unpaired) electrons. The second kappa shape index (κ2) is 5.28. The molecule has 2 atom stereocenters. The van der Waals surface area contributed by atoms with Gasteiger partial charge in [0, 0.05) is 6.04 Å². The SMILES string of the molecule is CCNC1C[C@@H](Cc2cccc(O)c2)S(=O)(=O)C1. The molecular formula is C13H19NO3S. The predicted octanol–water partition coefficient (Wildman–Crippen LogP) is 1.10. The lowest BCUT2D eigenvalue weighted by atomic mass is 10.1. The zero-order chi connectivity index (χ0) is 13.2. The Balaban J connectivity index is 2.09. The highest BCUT2D eigenvalue weighted by Gasteiger charge is 2.37. The van der Waals surface area contributed by atoms with Gasteiger partial charge < -0.3 is 10.4 Å². The van der Waals surface area contributed by atoms with E-state index in [-0.39, 0.29) is 22.8 Å². The highest BCUT2D eigenvalue weighted by Crippen LogP contribution is 2.25. The predicted molar refractivity (Wildman–Crippen MR) is 71.5 cm³/mol. The van der Waals surface area contributed by atoms with Crippen LogP contribution in [0.4, 0.5) is 0 Å². The van der Waals surface area contributed by atoms with Crippen molar-refractivity contribution in [3.63, 3.8) is 0 Å². The van der Waals surface area contributed by atoms with E-state index in [2.05, 4.69) is 5.32 Å². The maximum atomic E-state index is 12.0. The fourth-order valence-corrected chi connectivity index (χ4v) is 4.59. The Morgan fingerprint density at radius 3 is 2.89 bits per heavy atom. The Bertz CT molecular complexity index is 513. The third kappa shape index (κ3) is 3.03. The summed E-state index contributed by atoms with van der Waals surface area (Å²) in [6.07, 6.45) is 1.14. The van der Waals surface area contributed by atoms with Crippen molar-refractivity contribution in [3.8, 4) is 5.75 Å². The average Bonchev–Trinajstić information content (AvgIpc) is 2.54. The summed E-state index contributed by atoms with van der Waals surface area (Å²) in [7, 11) is -3.01. The van der Waals surface area contributed by atoms with E-state index in [9.17, 15) is 13.5 Å². The molecule has 100 valence electrons. The van der Waals surface area contributed by atoms with E-state index in [0.717, 1.165) is 12.1 Å². The summed E-state index contributed by atoms with van der Waals surface area (Å²) in [6.45, 7) is 2.77. The second-order valence-electron chi connectivity index (χ2n) is 4.82. The maximum Gasteiger partial charge on any atom is 0.155 e. The smallest absolute Gasteiger partial charge is 0.155 e. The first-order valence-electron chi connectivity index (χ1n) is 6.24. The van der Waals surface area contributed by atoms with Gasteiger partial charge in [0.1, 0.15) is 5.75 Å². The number of sulfone groups is 1. The van der Waals surface area contributed by atoms with Gasteiger partial charge >= 0.3 is 0 Å². The van der Waals surface area contributed by atoms with Gasteiger partial charge in [-0.05, 0) is 37.1 Å². The van der Waals surface area contributed by atoms with E-state index in [1.54, 1.807) is 18.2 Å². The molecule has 1 unspecified atom stereocenters. The molecule has 1 aromatic rings. The molecule has 0 saturated carbocycles. The van der Waals surface area contributed by atoms with Gasteiger partial charge in [0.05, 0.1) is 11.0 Å². The molecule has 1 heterocycles. The Hall–Kier alpha value is -1.07. The largest absolute Gasteiger partial charge is 0.508 e. The lowest BCUT2D eigenvalue weighted by molar-refractivity contribution is 0.474. The number of aromatic hydroxyl groups is 1. The van der Waals surface area contributed by atoms with Gasteiger partial charge in [-0.25, -0.2) is 8.42 Å². The summed E-state index contributed by atoms with van der Waals surface area (Å²) in [5.74, 6) is 0.413. The van der Waals surface area contributed by atoms with Crippen molar-refractivity contribution in [1.29, 1.82) is 0 Å². The van der Waals surface area contributed by atoms with E-state index < -0.39 is 9.84 Å². The first-order valence-corrected chi connectivity index (χ1v) is 7.95. The molecule has 2 N–H and O–H groups in total. The molecule has 1 saturated heterocycles. The summed E-state index contributed by atoms with van der Waals surface area (Å²) < 4.78 is 24.1. The molecule has 0 aliphatic carbocycles. The van der Waals surface area contributed by atoms with Crippen LogP contribution in [0, 0.1) is 0 Å². The lowest BCUT2D eigenvalue weighted by Crippen LogP contribution is -2.29. The van der Waals surface area contributed by atoms with Crippen molar-refractivity contribution in [2.24, 2.45) is 0 Å². The Morgan fingerprint density at radius 2 is 2.22 bits per heavy atom. The van der Waals surface area contributed by atoms with Crippen LogP contribution in [0.5, 0.6) is 5.75 Å². The lowest BCUT2D eigenvalue weighted by Gasteiger charge is -2.10. The van der Waals surface area contributed by atoms with Crippen LogP contribution < -0.4 is 5.32 Å². The number of rotatable bonds is 4. The second-order valence-corrected chi connectivity index (χ2v) is 7.14. The average molecular weight is 269 g/mol. The highest BCUT2D eigenvalue weighted by atomic mass is 32.2. The van der Waals surface area contributed by atoms with E-state index in [1.807, 2.05) is 13.0 Å². The Morgan fingerprint density at radius 1 is 1.44 bits per heavy atom. The topological polar surface area (TPSA) is 66.4 Å². The van der Waals surface area contributed by atoms with Gasteiger partial charge in [-0.3, -0.25) is 0 Å². The third-order valence-electron chi connectivity index (χ3n) is 3.36. The molecule has 18 heavy (non-hydrogen) atoms. The van der Waals surface area contributed by atoms with Crippen molar-refractivity contribution < 1.29 is 13.5 Å². The van der Waals surface area contributed by atoms with Crippen molar-refractivity contribution in [2.45, 2.75) is 31.1 Å². The Labute approximate surface area is 108 Å². The third-order valence-corrected chi connectivity index (χ3v) is 5.60. The van der Waals surface area contributed by atoms with Gasteiger partial charge in [-0.15, -0.1) is 0 Å². The van der Waals surface area contributed by atoms with E-state index in [4.69, 9.17) is 0 Å². The number of phenolic OH excluding ortho intramolecular Hbond substituents is 1. The van der Waals surface area contributed by atoms with Gasteiger partial charge in [-0.1, -0.05) is 19.1 Å².